The van der Waals surface area contributed by atoms with Gasteiger partial charge in [0.05, 0.1) is 12.5 Å². The summed E-state index contributed by atoms with van der Waals surface area (Å²) in [7, 11) is 0. The predicted molar refractivity (Wildman–Crippen MR) is 78.3 cm³/mol. The highest BCUT2D eigenvalue weighted by atomic mass is 79.9. The maximum atomic E-state index is 5.99. The molecule has 1 aliphatic heterocycles. The van der Waals surface area contributed by atoms with Crippen molar-refractivity contribution < 1.29 is 9.47 Å². The van der Waals surface area contributed by atoms with Crippen molar-refractivity contribution in [1.29, 1.82) is 0 Å². The molecule has 1 atom stereocenters. The maximum Gasteiger partial charge on any atom is 0.227 e. The highest BCUT2D eigenvalue weighted by Crippen LogP contribution is 2.38. The Hall–Kier alpha value is -1.03. The smallest absolute Gasteiger partial charge is 0.227 e. The van der Waals surface area contributed by atoms with Gasteiger partial charge in [0, 0.05) is 21.2 Å². The van der Waals surface area contributed by atoms with Crippen molar-refractivity contribution in [2.24, 2.45) is 0 Å². The quantitative estimate of drug-likeness (QED) is 0.732. The molecule has 0 radical (unpaired) electrons. The number of fused-ring (bicyclic) bond motifs is 1. The van der Waals surface area contributed by atoms with Crippen LogP contribution in [0.15, 0.2) is 46.9 Å². The van der Waals surface area contributed by atoms with Gasteiger partial charge in [-0.15, -0.1) is 11.6 Å². The SMILES string of the molecule is ClCc1cc(Br)cc2c1O[C@@H](c1ccccc1)OC2. The summed E-state index contributed by atoms with van der Waals surface area (Å²) in [5.41, 5.74) is 3.02. The third-order valence-corrected chi connectivity index (χ3v) is 3.78. The Morgan fingerprint density at radius 2 is 2.00 bits per heavy atom. The first-order chi connectivity index (χ1) is 9.28. The summed E-state index contributed by atoms with van der Waals surface area (Å²) >= 11 is 9.46. The minimum Gasteiger partial charge on any atom is -0.460 e. The van der Waals surface area contributed by atoms with Crippen molar-refractivity contribution >= 4 is 27.5 Å². The van der Waals surface area contributed by atoms with Gasteiger partial charge in [-0.05, 0) is 12.1 Å². The molecule has 2 nitrogen and oxygen atoms in total. The van der Waals surface area contributed by atoms with Crippen LogP contribution in [0.2, 0.25) is 0 Å². The lowest BCUT2D eigenvalue weighted by Crippen LogP contribution is -2.18. The predicted octanol–water partition coefficient (Wildman–Crippen LogP) is 4.80. The average Bonchev–Trinajstić information content (AvgIpc) is 2.46. The van der Waals surface area contributed by atoms with Gasteiger partial charge in [0.1, 0.15) is 5.75 Å². The summed E-state index contributed by atoms with van der Waals surface area (Å²) in [6.45, 7) is 0.526. The van der Waals surface area contributed by atoms with E-state index in [1.54, 1.807) is 0 Å². The van der Waals surface area contributed by atoms with Gasteiger partial charge in [0.15, 0.2) is 0 Å². The standard InChI is InChI=1S/C15H12BrClO2/c16-13-6-11(8-17)14-12(7-13)9-18-15(19-14)10-4-2-1-3-5-10/h1-7,15H,8-9H2/t15-/m0/s1. The number of hydrogen-bond donors (Lipinski definition) is 0. The third kappa shape index (κ3) is 2.64. The zero-order valence-electron chi connectivity index (χ0n) is 10.1. The molecule has 0 spiro atoms. The van der Waals surface area contributed by atoms with Crippen LogP contribution in [0.3, 0.4) is 0 Å². The molecule has 0 fully saturated rings. The Kier molecular flexibility index (Phi) is 3.78. The minimum atomic E-state index is -0.364. The molecule has 19 heavy (non-hydrogen) atoms. The second kappa shape index (κ2) is 5.53. The van der Waals surface area contributed by atoms with E-state index in [4.69, 9.17) is 21.1 Å². The van der Waals surface area contributed by atoms with Crippen LogP contribution in [0.1, 0.15) is 23.0 Å². The van der Waals surface area contributed by atoms with E-state index in [1.165, 1.54) is 0 Å². The van der Waals surface area contributed by atoms with Crippen LogP contribution in [-0.4, -0.2) is 0 Å². The van der Waals surface area contributed by atoms with E-state index in [0.717, 1.165) is 26.9 Å². The Labute approximate surface area is 125 Å². The van der Waals surface area contributed by atoms with Crippen LogP contribution in [0.4, 0.5) is 0 Å². The molecular formula is C15H12BrClO2. The minimum absolute atomic E-state index is 0.364. The summed E-state index contributed by atoms with van der Waals surface area (Å²) in [6, 6.07) is 13.9. The van der Waals surface area contributed by atoms with E-state index in [2.05, 4.69) is 15.9 Å². The lowest BCUT2D eigenvalue weighted by molar-refractivity contribution is -0.111. The van der Waals surface area contributed by atoms with Crippen LogP contribution in [0, 0.1) is 0 Å². The molecule has 2 aromatic carbocycles. The van der Waals surface area contributed by atoms with Crippen molar-refractivity contribution in [2.75, 3.05) is 0 Å². The molecule has 0 saturated carbocycles. The molecule has 0 amide bonds. The van der Waals surface area contributed by atoms with E-state index in [-0.39, 0.29) is 6.29 Å². The fourth-order valence-electron chi connectivity index (χ4n) is 2.15. The lowest BCUT2D eigenvalue weighted by Gasteiger charge is -2.28. The zero-order chi connectivity index (χ0) is 13.2. The fourth-order valence-corrected chi connectivity index (χ4v) is 2.90. The van der Waals surface area contributed by atoms with Crippen LogP contribution >= 0.6 is 27.5 Å². The highest BCUT2D eigenvalue weighted by molar-refractivity contribution is 9.10. The Morgan fingerprint density at radius 1 is 1.21 bits per heavy atom. The molecule has 3 rings (SSSR count). The third-order valence-electron chi connectivity index (χ3n) is 3.04. The molecule has 0 N–H and O–H groups in total. The second-order valence-corrected chi connectivity index (χ2v) is 5.54. The van der Waals surface area contributed by atoms with E-state index in [1.807, 2.05) is 42.5 Å². The molecule has 0 saturated heterocycles. The molecule has 0 unspecified atom stereocenters. The Balaban J connectivity index is 1.95. The fraction of sp³-hybridized carbons (Fsp3) is 0.200. The Morgan fingerprint density at radius 3 is 2.74 bits per heavy atom. The summed E-state index contributed by atoms with van der Waals surface area (Å²) in [5.74, 6) is 1.27. The number of rotatable bonds is 2. The van der Waals surface area contributed by atoms with Gasteiger partial charge in [0.2, 0.25) is 6.29 Å². The van der Waals surface area contributed by atoms with Gasteiger partial charge in [-0.3, -0.25) is 0 Å². The summed E-state index contributed by atoms with van der Waals surface area (Å²) in [5, 5.41) is 0. The molecule has 98 valence electrons. The zero-order valence-corrected chi connectivity index (χ0v) is 12.4. The molecule has 0 bridgehead atoms. The molecule has 0 aromatic heterocycles. The van der Waals surface area contributed by atoms with Gasteiger partial charge in [-0.2, -0.15) is 0 Å². The highest BCUT2D eigenvalue weighted by Gasteiger charge is 2.24. The number of halogens is 2. The molecular weight excluding hydrogens is 328 g/mol. The van der Waals surface area contributed by atoms with E-state index in [0.29, 0.717) is 12.5 Å². The van der Waals surface area contributed by atoms with Crippen molar-refractivity contribution in [3.63, 3.8) is 0 Å². The molecule has 0 aliphatic carbocycles. The number of benzene rings is 2. The molecule has 4 heteroatoms. The van der Waals surface area contributed by atoms with Crippen molar-refractivity contribution in [3.8, 4) is 5.75 Å². The van der Waals surface area contributed by atoms with Crippen LogP contribution in [-0.2, 0) is 17.2 Å². The first kappa shape index (κ1) is 13.0. The summed E-state index contributed by atoms with van der Waals surface area (Å²) in [6.07, 6.45) is -0.364. The van der Waals surface area contributed by atoms with Crippen molar-refractivity contribution in [3.05, 3.63) is 63.6 Å². The number of alkyl halides is 1. The molecule has 1 heterocycles. The summed E-state index contributed by atoms with van der Waals surface area (Å²) in [4.78, 5) is 0. The van der Waals surface area contributed by atoms with Crippen LogP contribution < -0.4 is 4.74 Å². The van der Waals surface area contributed by atoms with Crippen LogP contribution in [0.5, 0.6) is 5.75 Å². The van der Waals surface area contributed by atoms with E-state index >= 15 is 0 Å². The normalized spacial score (nSPS) is 17.7. The first-order valence-corrected chi connectivity index (χ1v) is 7.31. The van der Waals surface area contributed by atoms with E-state index in [9.17, 15) is 0 Å². The van der Waals surface area contributed by atoms with Gasteiger partial charge < -0.3 is 9.47 Å². The Bertz CT molecular complexity index is 569. The maximum absolute atomic E-state index is 5.99. The number of ether oxygens (including phenoxy) is 2. The molecule has 2 aromatic rings. The largest absolute Gasteiger partial charge is 0.460 e. The van der Waals surface area contributed by atoms with Gasteiger partial charge in [-0.1, -0.05) is 46.3 Å². The topological polar surface area (TPSA) is 18.5 Å². The lowest BCUT2D eigenvalue weighted by atomic mass is 10.1. The average molecular weight is 340 g/mol. The number of hydrogen-bond acceptors (Lipinski definition) is 2. The second-order valence-electron chi connectivity index (χ2n) is 4.36. The first-order valence-electron chi connectivity index (χ1n) is 5.98. The van der Waals surface area contributed by atoms with Gasteiger partial charge in [-0.25, -0.2) is 0 Å². The molecule has 1 aliphatic rings. The van der Waals surface area contributed by atoms with Gasteiger partial charge in [0.25, 0.3) is 0 Å². The van der Waals surface area contributed by atoms with E-state index < -0.39 is 0 Å². The van der Waals surface area contributed by atoms with Crippen molar-refractivity contribution in [1.82, 2.24) is 0 Å². The van der Waals surface area contributed by atoms with Gasteiger partial charge >= 0.3 is 0 Å². The van der Waals surface area contributed by atoms with Crippen LogP contribution in [0.25, 0.3) is 0 Å². The summed E-state index contributed by atoms with van der Waals surface area (Å²) < 4.78 is 12.7. The van der Waals surface area contributed by atoms with Crippen molar-refractivity contribution in [2.45, 2.75) is 18.8 Å². The monoisotopic (exact) mass is 338 g/mol.